The van der Waals surface area contributed by atoms with E-state index < -0.39 is 0 Å². The van der Waals surface area contributed by atoms with E-state index in [4.69, 9.17) is 4.98 Å². The van der Waals surface area contributed by atoms with E-state index in [1.165, 1.54) is 16.4 Å². The van der Waals surface area contributed by atoms with Crippen LogP contribution in [0.3, 0.4) is 0 Å². The summed E-state index contributed by atoms with van der Waals surface area (Å²) in [5, 5.41) is 15.5. The smallest absolute Gasteiger partial charge is 0.254 e. The Balaban J connectivity index is 1.23. The lowest BCUT2D eigenvalue weighted by atomic mass is 10.1. The first-order chi connectivity index (χ1) is 16.1. The Morgan fingerprint density at radius 1 is 1.18 bits per heavy atom. The third-order valence-electron chi connectivity index (χ3n) is 5.44. The Labute approximate surface area is 198 Å². The van der Waals surface area contributed by atoms with Gasteiger partial charge in [-0.3, -0.25) is 9.59 Å². The number of carbonyl (C=O) groups excluding carboxylic acids is 2. The molecule has 1 N–H and O–H groups in total. The fourth-order valence-electron chi connectivity index (χ4n) is 3.83. The normalized spacial score (nSPS) is 15.8. The van der Waals surface area contributed by atoms with E-state index in [1.807, 2.05) is 23.1 Å². The molecule has 2 aromatic heterocycles. The maximum Gasteiger partial charge on any atom is 0.254 e. The summed E-state index contributed by atoms with van der Waals surface area (Å²) in [6.07, 6.45) is 1.87. The number of nitrogens with one attached hydrogen (secondary N) is 1. The van der Waals surface area contributed by atoms with Crippen LogP contribution >= 0.6 is 23.1 Å². The van der Waals surface area contributed by atoms with Crippen molar-refractivity contribution in [2.75, 3.05) is 17.6 Å². The summed E-state index contributed by atoms with van der Waals surface area (Å²) in [6, 6.07) is 15.1. The molecule has 0 radical (unpaired) electrons. The molecule has 1 atom stereocenters. The zero-order valence-electron chi connectivity index (χ0n) is 17.8. The number of nitrogens with zero attached hydrogens (tertiary/aromatic N) is 6. The van der Waals surface area contributed by atoms with E-state index in [-0.39, 0.29) is 23.6 Å². The molecule has 3 heterocycles. The second-order valence-electron chi connectivity index (χ2n) is 7.68. The van der Waals surface area contributed by atoms with Crippen LogP contribution in [0, 0.1) is 0 Å². The molecule has 11 heteroatoms. The minimum atomic E-state index is -0.169. The number of anilines is 1. The van der Waals surface area contributed by atoms with Gasteiger partial charge in [-0.1, -0.05) is 23.9 Å². The summed E-state index contributed by atoms with van der Waals surface area (Å²) in [6.45, 7) is 0.714. The van der Waals surface area contributed by atoms with Crippen LogP contribution in [-0.4, -0.2) is 54.2 Å². The van der Waals surface area contributed by atoms with Gasteiger partial charge in [-0.2, -0.15) is 0 Å². The van der Waals surface area contributed by atoms with Crippen LogP contribution < -0.4 is 5.32 Å². The number of rotatable bonds is 6. The largest absolute Gasteiger partial charge is 0.329 e. The molecule has 0 spiro atoms. The summed E-state index contributed by atoms with van der Waals surface area (Å²) in [5.74, 6) is 0.00414. The Hall–Kier alpha value is -3.31. The number of carbonyl (C=O) groups is 2. The molecular weight excluding hydrogens is 458 g/mol. The molecule has 0 aliphatic carbocycles. The zero-order chi connectivity index (χ0) is 22.8. The fourth-order valence-corrected chi connectivity index (χ4v) is 5.60. The highest BCUT2D eigenvalue weighted by atomic mass is 32.2. The number of hydrogen-bond donors (Lipinski definition) is 1. The number of thiazole rings is 1. The van der Waals surface area contributed by atoms with Gasteiger partial charge in [-0.15, -0.1) is 16.4 Å². The molecule has 0 bridgehead atoms. The minimum Gasteiger partial charge on any atom is -0.329 e. The highest BCUT2D eigenvalue weighted by Gasteiger charge is 2.32. The zero-order valence-corrected chi connectivity index (χ0v) is 19.5. The average Bonchev–Trinajstić information content (AvgIpc) is 3.56. The lowest BCUT2D eigenvalue weighted by Crippen LogP contribution is -2.30. The number of benzene rings is 2. The molecule has 4 aromatic rings. The van der Waals surface area contributed by atoms with Crippen molar-refractivity contribution in [3.63, 3.8) is 0 Å². The third-order valence-corrected chi connectivity index (χ3v) is 7.59. The maximum absolute atomic E-state index is 13.2. The van der Waals surface area contributed by atoms with Crippen LogP contribution in [0.5, 0.6) is 0 Å². The summed E-state index contributed by atoms with van der Waals surface area (Å²) in [5.41, 5.74) is 2.21. The van der Waals surface area contributed by atoms with Gasteiger partial charge in [-0.05, 0) is 59.7 Å². The fraction of sp³-hybridized carbons (Fsp3) is 0.273. The first-order valence-corrected chi connectivity index (χ1v) is 12.3. The van der Waals surface area contributed by atoms with Crippen LogP contribution in [-0.2, 0) is 11.8 Å². The predicted octanol–water partition coefficient (Wildman–Crippen LogP) is 3.53. The number of amides is 2. The van der Waals surface area contributed by atoms with Gasteiger partial charge >= 0.3 is 0 Å². The molecule has 168 valence electrons. The quantitative estimate of drug-likeness (QED) is 0.422. The Morgan fingerprint density at radius 2 is 2.00 bits per heavy atom. The SMILES string of the molecule is Cn1nnnc1SCC(=O)Nc1ccc(C(=O)N2CCC[C@@H]2c2nc3ccccc3s2)cc1. The van der Waals surface area contributed by atoms with E-state index in [9.17, 15) is 9.59 Å². The number of likely N-dealkylation sites (tertiary alicyclic amines) is 1. The van der Waals surface area contributed by atoms with Crippen molar-refractivity contribution in [3.8, 4) is 0 Å². The predicted molar refractivity (Wildman–Crippen MR) is 127 cm³/mol. The van der Waals surface area contributed by atoms with E-state index in [2.05, 4.69) is 26.9 Å². The number of para-hydroxylation sites is 1. The van der Waals surface area contributed by atoms with Crippen molar-refractivity contribution in [2.45, 2.75) is 24.0 Å². The lowest BCUT2D eigenvalue weighted by Gasteiger charge is -2.23. The highest BCUT2D eigenvalue weighted by molar-refractivity contribution is 7.99. The monoisotopic (exact) mass is 479 g/mol. The Kier molecular flexibility index (Phi) is 6.05. The van der Waals surface area contributed by atoms with Crippen LogP contribution in [0.2, 0.25) is 0 Å². The molecule has 33 heavy (non-hydrogen) atoms. The number of aryl methyl sites for hydroxylation is 1. The summed E-state index contributed by atoms with van der Waals surface area (Å²) in [4.78, 5) is 32.2. The molecule has 2 amide bonds. The van der Waals surface area contributed by atoms with Gasteiger partial charge in [0.25, 0.3) is 5.91 Å². The minimum absolute atomic E-state index is 0.00130. The Bertz CT molecular complexity index is 1270. The number of fused-ring (bicyclic) bond motifs is 1. The first-order valence-electron chi connectivity index (χ1n) is 10.5. The van der Waals surface area contributed by atoms with Crippen molar-refractivity contribution in [3.05, 3.63) is 59.1 Å². The van der Waals surface area contributed by atoms with Crippen LogP contribution in [0.1, 0.15) is 34.2 Å². The average molecular weight is 480 g/mol. The summed E-state index contributed by atoms with van der Waals surface area (Å²) < 4.78 is 2.65. The maximum atomic E-state index is 13.2. The first kappa shape index (κ1) is 21.5. The van der Waals surface area contributed by atoms with Crippen molar-refractivity contribution in [1.29, 1.82) is 0 Å². The second kappa shape index (κ2) is 9.28. The van der Waals surface area contributed by atoms with E-state index in [0.29, 0.717) is 23.0 Å². The number of tetrazole rings is 1. The molecule has 1 aliphatic rings. The van der Waals surface area contributed by atoms with Crippen LogP contribution in [0.4, 0.5) is 5.69 Å². The summed E-state index contributed by atoms with van der Waals surface area (Å²) in [7, 11) is 1.72. The molecule has 1 fully saturated rings. The van der Waals surface area contributed by atoms with Crippen molar-refractivity contribution >= 4 is 50.8 Å². The molecule has 2 aromatic carbocycles. The molecule has 0 unspecified atom stereocenters. The van der Waals surface area contributed by atoms with Crippen molar-refractivity contribution in [1.82, 2.24) is 30.1 Å². The van der Waals surface area contributed by atoms with E-state index in [1.54, 1.807) is 42.6 Å². The number of aromatic nitrogens is 5. The Morgan fingerprint density at radius 3 is 2.76 bits per heavy atom. The highest BCUT2D eigenvalue weighted by Crippen LogP contribution is 2.37. The van der Waals surface area contributed by atoms with Gasteiger partial charge in [0.2, 0.25) is 11.1 Å². The second-order valence-corrected chi connectivity index (χ2v) is 9.68. The molecule has 9 nitrogen and oxygen atoms in total. The topological polar surface area (TPSA) is 106 Å². The standard InChI is InChI=1S/C22H21N7O2S2/c1-28-22(25-26-27-28)32-13-19(30)23-15-10-8-14(9-11-15)21(31)29-12-4-6-17(29)20-24-16-5-2-3-7-18(16)33-20/h2-3,5,7-11,17H,4,6,12-13H2,1H3,(H,23,30)/t17-/m1/s1. The molecule has 1 saturated heterocycles. The lowest BCUT2D eigenvalue weighted by molar-refractivity contribution is -0.113. The van der Waals surface area contributed by atoms with Gasteiger partial charge in [0.1, 0.15) is 5.01 Å². The third kappa shape index (κ3) is 4.60. The van der Waals surface area contributed by atoms with Gasteiger partial charge < -0.3 is 10.2 Å². The van der Waals surface area contributed by atoms with E-state index >= 15 is 0 Å². The van der Waals surface area contributed by atoms with E-state index in [0.717, 1.165) is 28.1 Å². The van der Waals surface area contributed by atoms with Crippen molar-refractivity contribution in [2.24, 2.45) is 7.05 Å². The summed E-state index contributed by atoms with van der Waals surface area (Å²) >= 11 is 2.91. The van der Waals surface area contributed by atoms with Crippen LogP contribution in [0.25, 0.3) is 10.2 Å². The van der Waals surface area contributed by atoms with Gasteiger partial charge in [-0.25, -0.2) is 9.67 Å². The molecule has 0 saturated carbocycles. The van der Waals surface area contributed by atoms with Gasteiger partial charge in [0.15, 0.2) is 0 Å². The van der Waals surface area contributed by atoms with Crippen molar-refractivity contribution < 1.29 is 9.59 Å². The number of hydrogen-bond acceptors (Lipinski definition) is 8. The molecular formula is C22H21N7O2S2. The van der Waals surface area contributed by atoms with Gasteiger partial charge in [0.05, 0.1) is 22.0 Å². The molecule has 1 aliphatic heterocycles. The van der Waals surface area contributed by atoms with Gasteiger partial charge in [0, 0.05) is 24.8 Å². The molecule has 5 rings (SSSR count). The number of thioether (sulfide) groups is 1. The van der Waals surface area contributed by atoms with Crippen LogP contribution in [0.15, 0.2) is 53.7 Å².